The van der Waals surface area contributed by atoms with Crippen molar-refractivity contribution >= 4 is 27.1 Å². The SMILES string of the molecule is CC(C)CN(C[C@@H](O)[C@H](Cc1ccccc1)NC(=O)OC1CO[C@H]2OCC[C@@H]12)S(=O)(=O)c1ccc2occ(CN3CCOCC3)c2c1. The van der Waals surface area contributed by atoms with E-state index in [9.17, 15) is 18.3 Å². The van der Waals surface area contributed by atoms with Gasteiger partial charge in [-0.05, 0) is 42.5 Å². The number of hydrogen-bond acceptors (Lipinski definition) is 10. The van der Waals surface area contributed by atoms with Gasteiger partial charge in [0, 0.05) is 43.7 Å². The average Bonchev–Trinajstić information content (AvgIpc) is 3.79. The van der Waals surface area contributed by atoms with Crippen LogP contribution in [0.1, 0.15) is 31.4 Å². The van der Waals surface area contributed by atoms with Crippen LogP contribution in [-0.4, -0.2) is 106 Å². The molecule has 3 fully saturated rings. The third-order valence-corrected chi connectivity index (χ3v) is 10.9. The lowest BCUT2D eigenvalue weighted by Crippen LogP contribution is -2.51. The summed E-state index contributed by atoms with van der Waals surface area (Å²) in [5.74, 6) is -0.0622. The molecular weight excluding hydrogens is 626 g/mol. The summed E-state index contributed by atoms with van der Waals surface area (Å²) in [5.41, 5.74) is 2.39. The van der Waals surface area contributed by atoms with Crippen LogP contribution >= 0.6 is 0 Å². The highest BCUT2D eigenvalue weighted by Crippen LogP contribution is 2.33. The van der Waals surface area contributed by atoms with Gasteiger partial charge in [0.25, 0.3) is 0 Å². The minimum Gasteiger partial charge on any atom is -0.464 e. The van der Waals surface area contributed by atoms with Crippen molar-refractivity contribution in [1.29, 1.82) is 0 Å². The topological polar surface area (TPSA) is 140 Å². The van der Waals surface area contributed by atoms with Gasteiger partial charge in [0.1, 0.15) is 11.7 Å². The van der Waals surface area contributed by atoms with Gasteiger partial charge in [0.2, 0.25) is 10.0 Å². The number of ether oxygens (including phenoxy) is 4. The minimum atomic E-state index is -4.05. The summed E-state index contributed by atoms with van der Waals surface area (Å²) in [6, 6.07) is 13.5. The summed E-state index contributed by atoms with van der Waals surface area (Å²) >= 11 is 0. The minimum absolute atomic E-state index is 0.0269. The second-order valence-corrected chi connectivity index (χ2v) is 14.9. The molecule has 1 unspecified atom stereocenters. The molecule has 0 radical (unpaired) electrons. The van der Waals surface area contributed by atoms with E-state index in [1.807, 2.05) is 44.2 Å². The van der Waals surface area contributed by atoms with Crippen LogP contribution in [0.5, 0.6) is 0 Å². The number of aliphatic hydroxyl groups is 1. The fourth-order valence-electron chi connectivity index (χ4n) is 6.53. The second kappa shape index (κ2) is 15.0. The van der Waals surface area contributed by atoms with E-state index in [-0.39, 0.29) is 49.1 Å². The van der Waals surface area contributed by atoms with Gasteiger partial charge in [-0.2, -0.15) is 4.31 Å². The largest absolute Gasteiger partial charge is 0.464 e. The fraction of sp³-hybridized carbons (Fsp3) is 0.559. The zero-order valence-electron chi connectivity index (χ0n) is 27.0. The van der Waals surface area contributed by atoms with Crippen LogP contribution in [0.2, 0.25) is 0 Å². The van der Waals surface area contributed by atoms with Crippen LogP contribution in [0.25, 0.3) is 11.0 Å². The number of nitrogens with zero attached hydrogens (tertiary/aromatic N) is 2. The molecule has 3 aliphatic rings. The van der Waals surface area contributed by atoms with Gasteiger partial charge in [-0.3, -0.25) is 4.90 Å². The van der Waals surface area contributed by atoms with Gasteiger partial charge in [-0.25, -0.2) is 13.2 Å². The van der Waals surface area contributed by atoms with Crippen molar-refractivity contribution in [2.45, 2.75) is 62.7 Å². The Bertz CT molecular complexity index is 1590. The summed E-state index contributed by atoms with van der Waals surface area (Å²) in [6.45, 7) is 8.11. The van der Waals surface area contributed by atoms with E-state index < -0.39 is 34.4 Å². The number of furan rings is 1. The predicted molar refractivity (Wildman–Crippen MR) is 173 cm³/mol. The molecule has 4 heterocycles. The molecule has 1 amide bonds. The molecule has 0 spiro atoms. The lowest BCUT2D eigenvalue weighted by Gasteiger charge is -2.31. The number of morpholine rings is 1. The number of nitrogens with one attached hydrogen (secondary N) is 1. The highest BCUT2D eigenvalue weighted by atomic mass is 32.2. The van der Waals surface area contributed by atoms with E-state index in [2.05, 4.69) is 10.2 Å². The number of aliphatic hydroxyl groups excluding tert-OH is 1. The van der Waals surface area contributed by atoms with Crippen molar-refractivity contribution < 1.29 is 41.7 Å². The Kier molecular flexibility index (Phi) is 10.8. The molecule has 3 aromatic rings. The number of alkyl carbamates (subject to hydrolysis) is 1. The smallest absolute Gasteiger partial charge is 0.407 e. The molecule has 2 N–H and O–H groups in total. The van der Waals surface area contributed by atoms with Gasteiger partial charge < -0.3 is 33.8 Å². The Labute approximate surface area is 275 Å². The summed E-state index contributed by atoms with van der Waals surface area (Å²) in [6.07, 6.45) is -0.0703. The number of carbonyl (C=O) groups is 1. The number of carbonyl (C=O) groups excluding carboxylic acids is 1. The molecule has 0 aliphatic carbocycles. The quantitative estimate of drug-likeness (QED) is 0.278. The van der Waals surface area contributed by atoms with Gasteiger partial charge >= 0.3 is 6.09 Å². The Hall–Kier alpha value is -3.04. The molecule has 6 rings (SSSR count). The number of benzene rings is 2. The summed E-state index contributed by atoms with van der Waals surface area (Å²) in [4.78, 5) is 15.5. The molecule has 47 heavy (non-hydrogen) atoms. The average molecular weight is 672 g/mol. The molecule has 3 saturated heterocycles. The van der Waals surface area contributed by atoms with Crippen LogP contribution in [0.15, 0.2) is 64.1 Å². The third kappa shape index (κ3) is 8.16. The molecule has 256 valence electrons. The first-order valence-corrected chi connectivity index (χ1v) is 17.8. The zero-order chi connectivity index (χ0) is 33.0. The van der Waals surface area contributed by atoms with E-state index in [1.54, 1.807) is 24.5 Å². The molecule has 0 saturated carbocycles. The van der Waals surface area contributed by atoms with Crippen LogP contribution in [-0.2, 0) is 41.9 Å². The number of fused-ring (bicyclic) bond motifs is 2. The number of sulfonamides is 1. The zero-order valence-corrected chi connectivity index (χ0v) is 27.8. The molecule has 12 nitrogen and oxygen atoms in total. The van der Waals surface area contributed by atoms with E-state index in [0.717, 1.165) is 36.0 Å². The van der Waals surface area contributed by atoms with Crippen molar-refractivity contribution in [3.05, 3.63) is 65.9 Å². The van der Waals surface area contributed by atoms with Crippen LogP contribution in [0, 0.1) is 11.8 Å². The summed E-state index contributed by atoms with van der Waals surface area (Å²) in [5, 5.41) is 15.2. The number of hydrogen-bond donors (Lipinski definition) is 2. The van der Waals surface area contributed by atoms with E-state index >= 15 is 0 Å². The Balaban J connectivity index is 1.21. The third-order valence-electron chi connectivity index (χ3n) is 9.03. The van der Waals surface area contributed by atoms with Crippen LogP contribution in [0.3, 0.4) is 0 Å². The normalized spacial score (nSPS) is 23.3. The molecule has 1 aromatic heterocycles. The molecular formula is C34H45N3O9S. The Morgan fingerprint density at radius 3 is 2.64 bits per heavy atom. The first-order valence-electron chi connectivity index (χ1n) is 16.4. The van der Waals surface area contributed by atoms with E-state index in [1.165, 1.54) is 4.31 Å². The monoisotopic (exact) mass is 671 g/mol. The van der Waals surface area contributed by atoms with Crippen molar-refractivity contribution in [2.24, 2.45) is 11.8 Å². The first kappa shape index (κ1) is 33.8. The summed E-state index contributed by atoms with van der Waals surface area (Å²) < 4.78 is 57.9. The van der Waals surface area contributed by atoms with E-state index in [0.29, 0.717) is 31.9 Å². The molecule has 3 aliphatic heterocycles. The van der Waals surface area contributed by atoms with Crippen molar-refractivity contribution in [2.75, 3.05) is 52.6 Å². The number of amides is 1. The molecule has 5 atom stereocenters. The Morgan fingerprint density at radius 1 is 1.09 bits per heavy atom. The highest BCUT2D eigenvalue weighted by molar-refractivity contribution is 7.89. The maximum atomic E-state index is 14.2. The van der Waals surface area contributed by atoms with Crippen molar-refractivity contribution in [3.8, 4) is 0 Å². The predicted octanol–water partition coefficient (Wildman–Crippen LogP) is 3.37. The maximum Gasteiger partial charge on any atom is 0.407 e. The molecule has 0 bridgehead atoms. The van der Waals surface area contributed by atoms with Gasteiger partial charge in [-0.1, -0.05) is 44.2 Å². The maximum absolute atomic E-state index is 14.2. The highest BCUT2D eigenvalue weighted by Gasteiger charge is 2.44. The second-order valence-electron chi connectivity index (χ2n) is 13.0. The van der Waals surface area contributed by atoms with Crippen molar-refractivity contribution in [1.82, 2.24) is 14.5 Å². The van der Waals surface area contributed by atoms with Crippen LogP contribution in [0.4, 0.5) is 4.79 Å². The lowest BCUT2D eigenvalue weighted by molar-refractivity contribution is -0.0907. The number of rotatable bonds is 13. The summed E-state index contributed by atoms with van der Waals surface area (Å²) in [7, 11) is -4.05. The lowest BCUT2D eigenvalue weighted by atomic mass is 10.0. The first-order chi connectivity index (χ1) is 22.7. The van der Waals surface area contributed by atoms with Gasteiger partial charge in [0.05, 0.1) is 55.6 Å². The Morgan fingerprint density at radius 2 is 1.87 bits per heavy atom. The standard InChI is InChI=1S/C34H45N3O9S/c1-23(2)18-37(47(40,41)26-8-9-31-28(17-26)25(21-44-31)19-36-11-14-42-15-12-36)20-30(38)29(16-24-6-4-3-5-7-24)35-34(39)46-32-22-45-33-27(32)10-13-43-33/h3-9,17,21,23,27,29-30,32-33,38H,10-16,18-20,22H2,1-2H3,(H,35,39)/t27-,29-,30+,32?,33+/m0/s1. The van der Waals surface area contributed by atoms with Gasteiger partial charge in [-0.15, -0.1) is 0 Å². The molecule has 2 aromatic carbocycles. The van der Waals surface area contributed by atoms with E-state index in [4.69, 9.17) is 23.4 Å². The van der Waals surface area contributed by atoms with Crippen molar-refractivity contribution in [3.63, 3.8) is 0 Å². The van der Waals surface area contributed by atoms with Gasteiger partial charge in [0.15, 0.2) is 6.29 Å². The fourth-order valence-corrected chi connectivity index (χ4v) is 8.18. The van der Waals surface area contributed by atoms with Crippen LogP contribution < -0.4 is 5.32 Å². The molecule has 13 heteroatoms.